The van der Waals surface area contributed by atoms with Gasteiger partial charge in [0, 0.05) is 28.5 Å². The van der Waals surface area contributed by atoms with Crippen LogP contribution < -0.4 is 0 Å². The van der Waals surface area contributed by atoms with E-state index in [9.17, 15) is 15.2 Å². The molecule has 0 atom stereocenters. The number of phenols is 1. The Morgan fingerprint density at radius 1 is 1.24 bits per heavy atom. The van der Waals surface area contributed by atoms with Gasteiger partial charge in [-0.1, -0.05) is 18.2 Å². The van der Waals surface area contributed by atoms with Gasteiger partial charge in [0.25, 0.3) is 0 Å². The van der Waals surface area contributed by atoms with Gasteiger partial charge in [-0.25, -0.2) is 0 Å². The number of aromatic hydroxyl groups is 1. The summed E-state index contributed by atoms with van der Waals surface area (Å²) >= 11 is 0. The third kappa shape index (κ3) is 2.99. The van der Waals surface area contributed by atoms with E-state index in [1.807, 2.05) is 0 Å². The summed E-state index contributed by atoms with van der Waals surface area (Å²) in [4.78, 5) is 10.1. The summed E-state index contributed by atoms with van der Waals surface area (Å²) in [6.07, 6.45) is 0. The van der Waals surface area contributed by atoms with E-state index in [-0.39, 0.29) is 28.5 Å². The summed E-state index contributed by atoms with van der Waals surface area (Å²) in [6.45, 7) is 0. The van der Waals surface area contributed by atoms with Gasteiger partial charge >= 0.3 is 0 Å². The van der Waals surface area contributed by atoms with Crippen LogP contribution >= 0.6 is 0 Å². The molecule has 0 spiro atoms. The third-order valence-electron chi connectivity index (χ3n) is 2.05. The molecule has 7 heteroatoms. The summed E-state index contributed by atoms with van der Waals surface area (Å²) in [7, 11) is 0. The fraction of sp³-hybridized carbons (Fsp3) is 0. The van der Waals surface area contributed by atoms with Crippen LogP contribution in [-0.4, -0.2) is 10.1 Å². The van der Waals surface area contributed by atoms with E-state index >= 15 is 0 Å². The van der Waals surface area contributed by atoms with Crippen LogP contribution in [0, 0.1) is 10.1 Å². The van der Waals surface area contributed by atoms with Gasteiger partial charge in [-0.15, -0.1) is 0 Å². The third-order valence-corrected chi connectivity index (χ3v) is 2.05. The minimum atomic E-state index is -0.890. The van der Waals surface area contributed by atoms with Crippen LogP contribution in [0.3, 0.4) is 0 Å². The van der Waals surface area contributed by atoms with E-state index in [4.69, 9.17) is 0 Å². The molecule has 2 aromatic carbocycles. The number of rotatable bonds is 2. The maximum atomic E-state index is 10.1. The van der Waals surface area contributed by atoms with E-state index in [1.165, 1.54) is 6.07 Å². The van der Waals surface area contributed by atoms with E-state index in [1.54, 1.807) is 30.3 Å². The minimum absolute atomic E-state index is 0. The standard InChI is InChI=1S/C10H7N3O3.Cu/c14-8-5-7-3-1-2-4-9(7)10(6-8)11-12-13(15)16;/h1-6,14H;. The van der Waals surface area contributed by atoms with Gasteiger partial charge in [0.1, 0.15) is 5.75 Å². The number of nitro groups is 1. The van der Waals surface area contributed by atoms with E-state index in [0.717, 1.165) is 5.39 Å². The first kappa shape index (κ1) is 13.1. The molecule has 0 saturated carbocycles. The molecule has 0 unspecified atom stereocenters. The van der Waals surface area contributed by atoms with Gasteiger partial charge in [-0.3, -0.25) is 0 Å². The molecule has 0 aliphatic rings. The van der Waals surface area contributed by atoms with Crippen LogP contribution in [0.2, 0.25) is 0 Å². The smallest absolute Gasteiger partial charge is 0.215 e. The van der Waals surface area contributed by atoms with Gasteiger partial charge in [0.2, 0.25) is 5.69 Å². The van der Waals surface area contributed by atoms with Gasteiger partial charge in [0.15, 0.2) is 5.22 Å². The Hall–Kier alpha value is -1.98. The van der Waals surface area contributed by atoms with E-state index in [2.05, 4.69) is 10.3 Å². The normalized spacial score (nSPS) is 10.4. The molecule has 1 N–H and O–H groups in total. The zero-order chi connectivity index (χ0) is 11.5. The van der Waals surface area contributed by atoms with Crippen molar-refractivity contribution in [1.82, 2.24) is 0 Å². The van der Waals surface area contributed by atoms with Gasteiger partial charge in [-0.05, 0) is 17.5 Å². The summed E-state index contributed by atoms with van der Waals surface area (Å²) in [5.41, 5.74) is 0.271. The van der Waals surface area contributed by atoms with Crippen LogP contribution in [0.25, 0.3) is 10.8 Å². The molecule has 17 heavy (non-hydrogen) atoms. The SMILES string of the molecule is O=[N+]([O-])N=Nc1cc(O)cc2ccccc12.[Cu]. The molecule has 1 radical (unpaired) electrons. The monoisotopic (exact) mass is 280 g/mol. The molecule has 0 bridgehead atoms. The number of hydrogen-bond donors (Lipinski definition) is 1. The number of phenolic OH excluding ortho intramolecular Hbond substituents is 1. The number of fused-ring (bicyclic) bond motifs is 1. The topological polar surface area (TPSA) is 88.1 Å². The second kappa shape index (κ2) is 5.38. The zero-order valence-corrected chi connectivity index (χ0v) is 9.31. The Bertz CT molecular complexity index is 586. The fourth-order valence-electron chi connectivity index (χ4n) is 1.44. The van der Waals surface area contributed by atoms with Crippen molar-refractivity contribution in [2.75, 3.05) is 0 Å². The number of benzene rings is 2. The van der Waals surface area contributed by atoms with Crippen molar-refractivity contribution < 1.29 is 27.2 Å². The van der Waals surface area contributed by atoms with Gasteiger partial charge < -0.3 is 15.2 Å². The van der Waals surface area contributed by atoms with E-state index in [0.29, 0.717) is 5.39 Å². The average molecular weight is 281 g/mol. The van der Waals surface area contributed by atoms with Crippen molar-refractivity contribution in [1.29, 1.82) is 0 Å². The van der Waals surface area contributed by atoms with Crippen molar-refractivity contribution in [3.63, 3.8) is 0 Å². The maximum absolute atomic E-state index is 10.1. The second-order valence-corrected chi connectivity index (χ2v) is 3.11. The molecule has 0 aliphatic carbocycles. The maximum Gasteiger partial charge on any atom is 0.215 e. The van der Waals surface area contributed by atoms with Crippen molar-refractivity contribution >= 4 is 16.5 Å². The van der Waals surface area contributed by atoms with Crippen LogP contribution in [0.1, 0.15) is 0 Å². The molecule has 0 aromatic heterocycles. The molecule has 0 fully saturated rings. The molecule has 2 rings (SSSR count). The van der Waals surface area contributed by atoms with Crippen LogP contribution in [0.5, 0.6) is 5.75 Å². The molecule has 0 saturated heterocycles. The molecule has 0 heterocycles. The van der Waals surface area contributed by atoms with Crippen LogP contribution in [0.15, 0.2) is 46.7 Å². The number of hydrogen-bond acceptors (Lipinski definition) is 4. The van der Waals surface area contributed by atoms with Gasteiger partial charge in [-0.2, -0.15) is 0 Å². The summed E-state index contributed by atoms with van der Waals surface area (Å²) in [5.74, 6) is -0.00371. The van der Waals surface area contributed by atoms with Crippen molar-refractivity contribution in [2.45, 2.75) is 0 Å². The van der Waals surface area contributed by atoms with Crippen molar-refractivity contribution in [3.05, 3.63) is 46.5 Å². The van der Waals surface area contributed by atoms with E-state index < -0.39 is 5.03 Å². The first-order valence-electron chi connectivity index (χ1n) is 4.44. The summed E-state index contributed by atoms with van der Waals surface area (Å²) in [6, 6.07) is 10.00. The predicted octanol–water partition coefficient (Wildman–Crippen LogP) is 2.82. The average Bonchev–Trinajstić information content (AvgIpc) is 2.25. The van der Waals surface area contributed by atoms with Crippen molar-refractivity contribution in [3.8, 4) is 5.75 Å². The quantitative estimate of drug-likeness (QED) is 0.397. The fourth-order valence-corrected chi connectivity index (χ4v) is 1.44. The van der Waals surface area contributed by atoms with Crippen molar-refractivity contribution in [2.24, 2.45) is 10.3 Å². The Morgan fingerprint density at radius 3 is 2.65 bits per heavy atom. The Labute approximate surface area is 107 Å². The first-order chi connectivity index (χ1) is 7.66. The Kier molecular flexibility index (Phi) is 4.14. The molecule has 2 aromatic rings. The van der Waals surface area contributed by atoms with Gasteiger partial charge in [0.05, 0.1) is 10.1 Å². The minimum Gasteiger partial charge on any atom is -0.508 e. The van der Waals surface area contributed by atoms with Crippen LogP contribution in [-0.2, 0) is 17.1 Å². The molecule has 0 aliphatic heterocycles. The predicted molar refractivity (Wildman–Crippen MR) is 57.1 cm³/mol. The largest absolute Gasteiger partial charge is 0.508 e. The first-order valence-corrected chi connectivity index (χ1v) is 4.44. The molecule has 91 valence electrons. The zero-order valence-electron chi connectivity index (χ0n) is 8.37. The summed E-state index contributed by atoms with van der Waals surface area (Å²) in [5, 5.41) is 26.3. The Balaban J connectivity index is 0.00000144. The second-order valence-electron chi connectivity index (χ2n) is 3.11. The van der Waals surface area contributed by atoms with Crippen LogP contribution in [0.4, 0.5) is 5.69 Å². The molecular formula is C10H7CuN3O3. The number of nitrogens with zero attached hydrogens (tertiary/aromatic N) is 3. The summed E-state index contributed by atoms with van der Waals surface area (Å²) < 4.78 is 0. The molecule has 0 amide bonds. The Morgan fingerprint density at radius 2 is 1.94 bits per heavy atom. The molecular weight excluding hydrogens is 274 g/mol. The molecule has 6 nitrogen and oxygen atoms in total.